The van der Waals surface area contributed by atoms with Gasteiger partial charge >= 0.3 is 5.97 Å². The van der Waals surface area contributed by atoms with E-state index in [1.165, 1.54) is 0 Å². The van der Waals surface area contributed by atoms with E-state index in [2.05, 4.69) is 4.90 Å². The molecule has 0 spiro atoms. The normalized spacial score (nSPS) is 24.0. The number of benzene rings is 1. The van der Waals surface area contributed by atoms with Gasteiger partial charge in [0.05, 0.1) is 11.3 Å². The zero-order valence-corrected chi connectivity index (χ0v) is 15.3. The highest BCUT2D eigenvalue weighted by Gasteiger charge is 2.55. The van der Waals surface area contributed by atoms with Crippen molar-refractivity contribution in [3.63, 3.8) is 0 Å². The van der Waals surface area contributed by atoms with Gasteiger partial charge in [-0.05, 0) is 51.5 Å². The van der Waals surface area contributed by atoms with Gasteiger partial charge in [0, 0.05) is 12.2 Å². The zero-order chi connectivity index (χ0) is 18.1. The number of amides is 1. The summed E-state index contributed by atoms with van der Waals surface area (Å²) in [5.74, 6) is -1.49. The fourth-order valence-electron chi connectivity index (χ4n) is 3.59. The SMILES string of the molecule is CCN(C)CCC1(C(=O)O)CN(c2c(C)cccc2C)C(=O)C1C. The van der Waals surface area contributed by atoms with Gasteiger partial charge in [-0.3, -0.25) is 9.59 Å². The molecule has 132 valence electrons. The Bertz CT molecular complexity index is 623. The molecule has 0 saturated carbocycles. The highest BCUT2D eigenvalue weighted by molar-refractivity contribution is 6.03. The van der Waals surface area contributed by atoms with Crippen molar-refractivity contribution in [3.05, 3.63) is 29.3 Å². The van der Waals surface area contributed by atoms with Gasteiger partial charge in [-0.25, -0.2) is 0 Å². The van der Waals surface area contributed by atoms with Crippen LogP contribution in [0.5, 0.6) is 0 Å². The second kappa shape index (κ2) is 6.93. The lowest BCUT2D eigenvalue weighted by Gasteiger charge is -2.29. The number of aliphatic carboxylic acids is 1. The largest absolute Gasteiger partial charge is 0.481 e. The third-order valence-electron chi connectivity index (χ3n) is 5.52. The first kappa shape index (κ1) is 18.5. The molecule has 1 aliphatic rings. The van der Waals surface area contributed by atoms with Crippen LogP contribution < -0.4 is 4.90 Å². The number of carboxylic acid groups (broad SMARTS) is 1. The molecule has 5 nitrogen and oxygen atoms in total. The summed E-state index contributed by atoms with van der Waals surface area (Å²) >= 11 is 0. The summed E-state index contributed by atoms with van der Waals surface area (Å²) in [6.07, 6.45) is 0.473. The van der Waals surface area contributed by atoms with Gasteiger partial charge in [-0.15, -0.1) is 0 Å². The highest BCUT2D eigenvalue weighted by Crippen LogP contribution is 2.43. The Kier molecular flexibility index (Phi) is 5.33. The van der Waals surface area contributed by atoms with Crippen molar-refractivity contribution in [2.24, 2.45) is 11.3 Å². The van der Waals surface area contributed by atoms with Crippen LogP contribution in [-0.2, 0) is 9.59 Å². The fraction of sp³-hybridized carbons (Fsp3) is 0.579. The Morgan fingerprint density at radius 1 is 1.38 bits per heavy atom. The van der Waals surface area contributed by atoms with Crippen molar-refractivity contribution in [1.29, 1.82) is 0 Å². The molecule has 2 rings (SSSR count). The number of para-hydroxylation sites is 1. The molecule has 0 aromatic heterocycles. The van der Waals surface area contributed by atoms with E-state index < -0.39 is 17.3 Å². The van der Waals surface area contributed by atoms with Crippen molar-refractivity contribution >= 4 is 17.6 Å². The molecule has 0 radical (unpaired) electrons. The van der Waals surface area contributed by atoms with Crippen LogP contribution in [0.2, 0.25) is 0 Å². The van der Waals surface area contributed by atoms with E-state index in [-0.39, 0.29) is 12.5 Å². The molecule has 1 fully saturated rings. The number of anilines is 1. The predicted octanol–water partition coefficient (Wildman–Crippen LogP) is 2.70. The summed E-state index contributed by atoms with van der Waals surface area (Å²) in [5.41, 5.74) is 1.83. The van der Waals surface area contributed by atoms with Gasteiger partial charge in [-0.2, -0.15) is 0 Å². The number of carboxylic acids is 1. The number of hydrogen-bond donors (Lipinski definition) is 1. The first-order valence-electron chi connectivity index (χ1n) is 8.54. The van der Waals surface area contributed by atoms with Crippen molar-refractivity contribution in [3.8, 4) is 0 Å². The zero-order valence-electron chi connectivity index (χ0n) is 15.3. The number of carbonyl (C=O) groups excluding carboxylic acids is 1. The summed E-state index contributed by atoms with van der Waals surface area (Å²) in [4.78, 5) is 28.8. The molecule has 5 heteroatoms. The van der Waals surface area contributed by atoms with Gasteiger partial charge in [0.2, 0.25) is 5.91 Å². The van der Waals surface area contributed by atoms with E-state index >= 15 is 0 Å². The van der Waals surface area contributed by atoms with Gasteiger partial charge in [0.15, 0.2) is 0 Å². The minimum atomic E-state index is -1.03. The maximum absolute atomic E-state index is 12.9. The first-order chi connectivity index (χ1) is 11.2. The number of rotatable bonds is 6. The van der Waals surface area contributed by atoms with Crippen LogP contribution in [0.1, 0.15) is 31.4 Å². The van der Waals surface area contributed by atoms with E-state index in [1.807, 2.05) is 46.0 Å². The summed E-state index contributed by atoms with van der Waals surface area (Å²) in [6.45, 7) is 9.50. The molecule has 1 aromatic rings. The van der Waals surface area contributed by atoms with Crippen LogP contribution in [0, 0.1) is 25.2 Å². The molecule has 1 aliphatic heterocycles. The quantitative estimate of drug-likeness (QED) is 0.870. The van der Waals surface area contributed by atoms with E-state index in [4.69, 9.17) is 0 Å². The molecule has 0 bridgehead atoms. The third-order valence-corrected chi connectivity index (χ3v) is 5.52. The fourth-order valence-corrected chi connectivity index (χ4v) is 3.59. The summed E-state index contributed by atoms with van der Waals surface area (Å²) in [7, 11) is 1.97. The maximum atomic E-state index is 12.9. The Balaban J connectivity index is 2.39. The van der Waals surface area contributed by atoms with Crippen molar-refractivity contribution in [2.75, 3.05) is 31.6 Å². The number of carbonyl (C=O) groups is 2. The lowest BCUT2D eigenvalue weighted by molar-refractivity contribution is -0.152. The van der Waals surface area contributed by atoms with E-state index in [1.54, 1.807) is 11.8 Å². The number of nitrogens with zero attached hydrogens (tertiary/aromatic N) is 2. The molecule has 1 heterocycles. The molecule has 1 N–H and O–H groups in total. The lowest BCUT2D eigenvalue weighted by Crippen LogP contribution is -2.41. The van der Waals surface area contributed by atoms with Crippen molar-refractivity contribution in [1.82, 2.24) is 4.90 Å². The molecule has 1 amide bonds. The monoisotopic (exact) mass is 332 g/mol. The van der Waals surface area contributed by atoms with Gasteiger partial charge in [0.1, 0.15) is 0 Å². The van der Waals surface area contributed by atoms with E-state index in [9.17, 15) is 14.7 Å². The Labute approximate surface area is 144 Å². The van der Waals surface area contributed by atoms with Gasteiger partial charge in [0.25, 0.3) is 0 Å². The average molecular weight is 332 g/mol. The number of hydrogen-bond acceptors (Lipinski definition) is 3. The molecule has 1 saturated heterocycles. The minimum absolute atomic E-state index is 0.0889. The Morgan fingerprint density at radius 2 is 1.96 bits per heavy atom. The summed E-state index contributed by atoms with van der Waals surface area (Å²) < 4.78 is 0. The van der Waals surface area contributed by atoms with Gasteiger partial charge in [-0.1, -0.05) is 32.0 Å². The summed E-state index contributed by atoms with van der Waals surface area (Å²) in [5, 5.41) is 9.94. The minimum Gasteiger partial charge on any atom is -0.481 e. The van der Waals surface area contributed by atoms with E-state index in [0.717, 1.165) is 23.4 Å². The Hall–Kier alpha value is -1.88. The van der Waals surface area contributed by atoms with Gasteiger partial charge < -0.3 is 14.9 Å². The molecular formula is C19H28N2O3. The molecule has 2 unspecified atom stereocenters. The molecule has 1 aromatic carbocycles. The van der Waals surface area contributed by atoms with Crippen molar-refractivity contribution < 1.29 is 14.7 Å². The molecule has 0 aliphatic carbocycles. The summed E-state index contributed by atoms with van der Waals surface area (Å²) in [6, 6.07) is 5.89. The third kappa shape index (κ3) is 3.05. The predicted molar refractivity (Wildman–Crippen MR) is 95.3 cm³/mol. The smallest absolute Gasteiger partial charge is 0.312 e. The molecule has 2 atom stereocenters. The van der Waals surface area contributed by atoms with E-state index in [0.29, 0.717) is 13.0 Å². The Morgan fingerprint density at radius 3 is 2.46 bits per heavy atom. The van der Waals surface area contributed by atoms with Crippen molar-refractivity contribution in [2.45, 2.75) is 34.1 Å². The van der Waals surface area contributed by atoms with Crippen LogP contribution in [-0.4, -0.2) is 48.6 Å². The molecular weight excluding hydrogens is 304 g/mol. The standard InChI is InChI=1S/C19H28N2O3/c1-6-20(5)11-10-19(18(23)24)12-21(17(22)15(19)4)16-13(2)8-7-9-14(16)3/h7-9,15H,6,10-12H2,1-5H3,(H,23,24). The molecule has 24 heavy (non-hydrogen) atoms. The van der Waals surface area contributed by atoms with Crippen LogP contribution in [0.25, 0.3) is 0 Å². The highest BCUT2D eigenvalue weighted by atomic mass is 16.4. The van der Waals surface area contributed by atoms with Crippen LogP contribution >= 0.6 is 0 Å². The second-order valence-corrected chi connectivity index (χ2v) is 6.99. The maximum Gasteiger partial charge on any atom is 0.312 e. The second-order valence-electron chi connectivity index (χ2n) is 6.99. The van der Waals surface area contributed by atoms with Crippen LogP contribution in [0.3, 0.4) is 0 Å². The number of aryl methyl sites for hydroxylation is 2. The first-order valence-corrected chi connectivity index (χ1v) is 8.54. The lowest BCUT2D eigenvalue weighted by atomic mass is 9.76. The van der Waals surface area contributed by atoms with Crippen LogP contribution in [0.15, 0.2) is 18.2 Å². The topological polar surface area (TPSA) is 60.9 Å². The van der Waals surface area contributed by atoms with Crippen LogP contribution in [0.4, 0.5) is 5.69 Å². The average Bonchev–Trinajstić information content (AvgIpc) is 2.78.